The van der Waals surface area contributed by atoms with E-state index in [0.717, 1.165) is 12.0 Å². The van der Waals surface area contributed by atoms with Gasteiger partial charge in [-0.3, -0.25) is 4.79 Å². The van der Waals surface area contributed by atoms with E-state index in [-0.39, 0.29) is 11.7 Å². The number of hydrogen-bond donors (Lipinski definition) is 1. The number of aromatic amines is 1. The van der Waals surface area contributed by atoms with Crippen molar-refractivity contribution in [1.29, 1.82) is 0 Å². The number of piperazine rings is 1. The Morgan fingerprint density at radius 3 is 2.36 bits per heavy atom. The number of amides is 1. The molecule has 1 amide bonds. The average Bonchev–Trinajstić information content (AvgIpc) is 3.17. The molecule has 0 atom stereocenters. The second-order valence-corrected chi connectivity index (χ2v) is 8.27. The van der Waals surface area contributed by atoms with Crippen LogP contribution in [0.4, 0.5) is 0 Å². The smallest absolute Gasteiger partial charge is 0.270 e. The van der Waals surface area contributed by atoms with Crippen LogP contribution >= 0.6 is 0 Å². The number of H-pyrrole nitrogens is 1. The Bertz CT molecular complexity index is 780. The van der Waals surface area contributed by atoms with Gasteiger partial charge in [0, 0.05) is 32.4 Å². The van der Waals surface area contributed by atoms with Gasteiger partial charge in [-0.25, -0.2) is 8.42 Å². The molecule has 1 fully saturated rings. The lowest BCUT2D eigenvalue weighted by molar-refractivity contribution is 0.0692. The normalized spacial score (nSPS) is 16.1. The lowest BCUT2D eigenvalue weighted by Gasteiger charge is -2.33. The molecule has 1 aliphatic rings. The minimum absolute atomic E-state index is 0.0777. The Kier molecular flexibility index (Phi) is 5.55. The van der Waals surface area contributed by atoms with Crippen LogP contribution in [0, 0.1) is 0 Å². The lowest BCUT2D eigenvalue weighted by atomic mass is 10.1. The van der Waals surface area contributed by atoms with Gasteiger partial charge in [0.2, 0.25) is 10.0 Å². The molecular formula is C18H23N3O3S. The number of carbonyl (C=O) groups excluding carboxylic acids is 1. The molecule has 0 spiro atoms. The predicted octanol–water partition coefficient (Wildman–Crippen LogP) is 1.74. The standard InChI is InChI=1S/C18H23N3O3S/c22-18(17-9-4-10-19-17)20-11-13-21(14-12-20)25(23,24)15-5-8-16-6-2-1-3-7-16/h1-4,6-7,9-10,19H,5,8,11-15H2. The van der Waals surface area contributed by atoms with Crippen molar-refractivity contribution in [2.75, 3.05) is 31.9 Å². The second kappa shape index (κ2) is 7.84. The van der Waals surface area contributed by atoms with Crippen molar-refractivity contribution in [1.82, 2.24) is 14.2 Å². The summed E-state index contributed by atoms with van der Waals surface area (Å²) in [6.45, 7) is 1.58. The van der Waals surface area contributed by atoms with Gasteiger partial charge in [-0.1, -0.05) is 30.3 Å². The first-order valence-electron chi connectivity index (χ1n) is 8.51. The fourth-order valence-corrected chi connectivity index (χ4v) is 4.52. The number of nitrogens with one attached hydrogen (secondary N) is 1. The number of aromatic nitrogens is 1. The highest BCUT2D eigenvalue weighted by atomic mass is 32.2. The van der Waals surface area contributed by atoms with Crippen LogP contribution < -0.4 is 0 Å². The van der Waals surface area contributed by atoms with Crippen LogP contribution in [-0.2, 0) is 16.4 Å². The molecule has 0 saturated carbocycles. The topological polar surface area (TPSA) is 73.5 Å². The Morgan fingerprint density at radius 1 is 1.00 bits per heavy atom. The highest BCUT2D eigenvalue weighted by Gasteiger charge is 2.29. The van der Waals surface area contributed by atoms with Crippen molar-refractivity contribution >= 4 is 15.9 Å². The Hall–Kier alpha value is -2.12. The van der Waals surface area contributed by atoms with Crippen LogP contribution in [0.5, 0.6) is 0 Å². The summed E-state index contributed by atoms with van der Waals surface area (Å²) < 4.78 is 26.5. The highest BCUT2D eigenvalue weighted by Crippen LogP contribution is 2.13. The molecule has 6 nitrogen and oxygen atoms in total. The number of nitrogens with zero attached hydrogens (tertiary/aromatic N) is 2. The molecule has 0 aliphatic carbocycles. The van der Waals surface area contributed by atoms with Gasteiger partial charge in [0.25, 0.3) is 5.91 Å². The third-order valence-corrected chi connectivity index (χ3v) is 6.41. The third-order valence-electron chi connectivity index (χ3n) is 4.46. The molecule has 25 heavy (non-hydrogen) atoms. The molecule has 0 unspecified atom stereocenters. The van der Waals surface area contributed by atoms with Crippen LogP contribution in [0.1, 0.15) is 22.5 Å². The molecule has 0 bridgehead atoms. The maximum atomic E-state index is 12.5. The van der Waals surface area contributed by atoms with Gasteiger partial charge in [0.05, 0.1) is 5.75 Å². The van der Waals surface area contributed by atoms with Crippen LogP contribution in [-0.4, -0.2) is 60.4 Å². The van der Waals surface area contributed by atoms with Crippen molar-refractivity contribution in [2.24, 2.45) is 0 Å². The molecule has 1 aromatic carbocycles. The third kappa shape index (κ3) is 4.49. The molecule has 1 aromatic heterocycles. The summed E-state index contributed by atoms with van der Waals surface area (Å²) in [6.07, 6.45) is 3.07. The van der Waals surface area contributed by atoms with E-state index in [0.29, 0.717) is 38.3 Å². The summed E-state index contributed by atoms with van der Waals surface area (Å²) in [4.78, 5) is 16.9. The summed E-state index contributed by atoms with van der Waals surface area (Å²) >= 11 is 0. The molecule has 1 saturated heterocycles. The van der Waals surface area contributed by atoms with E-state index in [1.54, 1.807) is 23.2 Å². The Labute approximate surface area is 148 Å². The number of aryl methyl sites for hydroxylation is 1. The maximum Gasteiger partial charge on any atom is 0.270 e. The molecule has 1 N–H and O–H groups in total. The van der Waals surface area contributed by atoms with E-state index >= 15 is 0 Å². The van der Waals surface area contributed by atoms with Gasteiger partial charge in [-0.05, 0) is 30.5 Å². The van der Waals surface area contributed by atoms with E-state index in [9.17, 15) is 13.2 Å². The summed E-state index contributed by atoms with van der Waals surface area (Å²) in [5.41, 5.74) is 1.69. The highest BCUT2D eigenvalue weighted by molar-refractivity contribution is 7.89. The van der Waals surface area contributed by atoms with E-state index in [1.807, 2.05) is 30.3 Å². The van der Waals surface area contributed by atoms with Crippen molar-refractivity contribution in [2.45, 2.75) is 12.8 Å². The monoisotopic (exact) mass is 361 g/mol. The zero-order chi connectivity index (χ0) is 17.7. The predicted molar refractivity (Wildman–Crippen MR) is 96.8 cm³/mol. The summed E-state index contributed by atoms with van der Waals surface area (Å²) in [5, 5.41) is 0. The quantitative estimate of drug-likeness (QED) is 0.852. The molecule has 7 heteroatoms. The first kappa shape index (κ1) is 17.7. The fourth-order valence-electron chi connectivity index (χ4n) is 3.04. The number of carbonyl (C=O) groups is 1. The van der Waals surface area contributed by atoms with Crippen LogP contribution in [0.25, 0.3) is 0 Å². The van der Waals surface area contributed by atoms with E-state index < -0.39 is 10.0 Å². The average molecular weight is 361 g/mol. The summed E-state index contributed by atoms with van der Waals surface area (Å²) in [7, 11) is -3.27. The maximum absolute atomic E-state index is 12.5. The zero-order valence-electron chi connectivity index (χ0n) is 14.1. The Balaban J connectivity index is 1.48. The molecule has 3 rings (SSSR count). The van der Waals surface area contributed by atoms with E-state index in [1.165, 1.54) is 4.31 Å². The molecule has 2 heterocycles. The second-order valence-electron chi connectivity index (χ2n) is 6.18. The van der Waals surface area contributed by atoms with Crippen LogP contribution in [0.2, 0.25) is 0 Å². The minimum Gasteiger partial charge on any atom is -0.357 e. The number of hydrogen-bond acceptors (Lipinski definition) is 3. The fraction of sp³-hybridized carbons (Fsp3) is 0.389. The van der Waals surface area contributed by atoms with E-state index in [2.05, 4.69) is 4.98 Å². The van der Waals surface area contributed by atoms with Crippen LogP contribution in [0.15, 0.2) is 48.7 Å². The van der Waals surface area contributed by atoms with Crippen molar-refractivity contribution in [3.05, 3.63) is 59.9 Å². The van der Waals surface area contributed by atoms with Gasteiger partial charge < -0.3 is 9.88 Å². The van der Waals surface area contributed by atoms with Crippen molar-refractivity contribution in [3.8, 4) is 0 Å². The lowest BCUT2D eigenvalue weighted by Crippen LogP contribution is -2.51. The van der Waals surface area contributed by atoms with Gasteiger partial charge in [0.15, 0.2) is 0 Å². The first-order chi connectivity index (χ1) is 12.1. The zero-order valence-corrected chi connectivity index (χ0v) is 14.9. The SMILES string of the molecule is O=C(c1ccc[nH]1)N1CCN(S(=O)(=O)CCCc2ccccc2)CC1. The summed E-state index contributed by atoms with van der Waals surface area (Å²) in [5.74, 6) is 0.0676. The molecule has 134 valence electrons. The first-order valence-corrected chi connectivity index (χ1v) is 10.1. The largest absolute Gasteiger partial charge is 0.357 e. The van der Waals surface area contributed by atoms with Gasteiger partial charge in [-0.15, -0.1) is 0 Å². The Morgan fingerprint density at radius 2 is 1.72 bits per heavy atom. The van der Waals surface area contributed by atoms with Gasteiger partial charge in [-0.2, -0.15) is 4.31 Å². The van der Waals surface area contributed by atoms with E-state index in [4.69, 9.17) is 0 Å². The number of rotatable bonds is 6. The molecule has 1 aliphatic heterocycles. The van der Waals surface area contributed by atoms with Gasteiger partial charge >= 0.3 is 0 Å². The van der Waals surface area contributed by atoms with Crippen molar-refractivity contribution in [3.63, 3.8) is 0 Å². The molecule has 0 radical (unpaired) electrons. The molecule has 2 aromatic rings. The van der Waals surface area contributed by atoms with Gasteiger partial charge in [0.1, 0.15) is 5.69 Å². The minimum atomic E-state index is -3.27. The molecular weight excluding hydrogens is 338 g/mol. The summed E-state index contributed by atoms with van der Waals surface area (Å²) in [6, 6.07) is 13.4. The number of benzene rings is 1. The van der Waals surface area contributed by atoms with Crippen molar-refractivity contribution < 1.29 is 13.2 Å². The van der Waals surface area contributed by atoms with Crippen LogP contribution in [0.3, 0.4) is 0 Å². The number of sulfonamides is 1.